The highest BCUT2D eigenvalue weighted by molar-refractivity contribution is 5.85. The molecule has 26 heavy (non-hydrogen) atoms. The van der Waals surface area contributed by atoms with Gasteiger partial charge in [0, 0.05) is 43.8 Å². The standard InChI is InChI=1S/C19H24N4O2.ClH/c20-16-12-23(11-15(16)13-5-2-1-3-6-13)18(24)8-4-7-17-21-19(22-25-17)14-9-10-14;/h1-3,5-6,14-16H,4,7-12,20H2;1H/t15-,16+;/m0./s1. The van der Waals surface area contributed by atoms with Crippen LogP contribution in [0.25, 0.3) is 0 Å². The van der Waals surface area contributed by atoms with E-state index >= 15 is 0 Å². The van der Waals surface area contributed by atoms with Gasteiger partial charge in [0.15, 0.2) is 5.82 Å². The summed E-state index contributed by atoms with van der Waals surface area (Å²) in [6, 6.07) is 10.2. The first-order valence-electron chi connectivity index (χ1n) is 9.11. The van der Waals surface area contributed by atoms with Crippen molar-refractivity contribution in [2.75, 3.05) is 13.1 Å². The van der Waals surface area contributed by atoms with Crippen LogP contribution in [-0.4, -0.2) is 40.1 Å². The number of aromatic nitrogens is 2. The van der Waals surface area contributed by atoms with Gasteiger partial charge in [0.1, 0.15) is 0 Å². The Morgan fingerprint density at radius 3 is 2.73 bits per heavy atom. The van der Waals surface area contributed by atoms with Gasteiger partial charge in [-0.05, 0) is 24.8 Å². The van der Waals surface area contributed by atoms with Crippen molar-refractivity contribution in [3.63, 3.8) is 0 Å². The number of rotatable bonds is 6. The van der Waals surface area contributed by atoms with Crippen molar-refractivity contribution < 1.29 is 9.32 Å². The first-order valence-corrected chi connectivity index (χ1v) is 9.11. The van der Waals surface area contributed by atoms with E-state index < -0.39 is 0 Å². The number of likely N-dealkylation sites (tertiary alicyclic amines) is 1. The molecule has 2 fully saturated rings. The number of carbonyl (C=O) groups excluding carboxylic acids is 1. The zero-order chi connectivity index (χ0) is 17.2. The van der Waals surface area contributed by atoms with Gasteiger partial charge in [-0.3, -0.25) is 4.79 Å². The number of carbonyl (C=O) groups is 1. The number of nitrogens with zero attached hydrogens (tertiary/aromatic N) is 3. The van der Waals surface area contributed by atoms with E-state index in [2.05, 4.69) is 22.3 Å². The highest BCUT2D eigenvalue weighted by Crippen LogP contribution is 2.38. The van der Waals surface area contributed by atoms with E-state index in [4.69, 9.17) is 10.3 Å². The third-order valence-electron chi connectivity index (χ3n) is 5.15. The quantitative estimate of drug-likeness (QED) is 0.837. The number of hydrogen-bond donors (Lipinski definition) is 1. The average Bonchev–Trinajstić information content (AvgIpc) is 3.25. The molecule has 0 unspecified atom stereocenters. The van der Waals surface area contributed by atoms with Crippen LogP contribution in [0.2, 0.25) is 0 Å². The summed E-state index contributed by atoms with van der Waals surface area (Å²) in [4.78, 5) is 18.8. The SMILES string of the molecule is Cl.N[C@@H]1CN(C(=O)CCCc2nc(C3CC3)no2)C[C@H]1c1ccccc1. The lowest BCUT2D eigenvalue weighted by Gasteiger charge is -2.16. The minimum atomic E-state index is 0. The third kappa shape index (κ3) is 4.24. The van der Waals surface area contributed by atoms with Gasteiger partial charge in [-0.15, -0.1) is 12.4 Å². The molecule has 1 aliphatic heterocycles. The molecular weight excluding hydrogens is 352 g/mol. The molecule has 2 atom stereocenters. The normalized spacial score (nSPS) is 22.3. The van der Waals surface area contributed by atoms with Crippen LogP contribution < -0.4 is 5.73 Å². The predicted molar refractivity (Wildman–Crippen MR) is 100 cm³/mol. The fourth-order valence-corrected chi connectivity index (χ4v) is 3.51. The van der Waals surface area contributed by atoms with Gasteiger partial charge in [0.25, 0.3) is 0 Å². The Morgan fingerprint density at radius 1 is 1.23 bits per heavy atom. The van der Waals surface area contributed by atoms with Crippen LogP contribution in [0.5, 0.6) is 0 Å². The van der Waals surface area contributed by atoms with Crippen LogP contribution >= 0.6 is 12.4 Å². The molecule has 4 rings (SSSR count). The van der Waals surface area contributed by atoms with Crippen molar-refractivity contribution in [1.29, 1.82) is 0 Å². The van der Waals surface area contributed by atoms with E-state index in [1.54, 1.807) is 0 Å². The Kier molecular flexibility index (Phi) is 5.94. The number of amides is 1. The van der Waals surface area contributed by atoms with Gasteiger partial charge >= 0.3 is 0 Å². The Bertz CT molecular complexity index is 732. The molecule has 1 saturated carbocycles. The van der Waals surface area contributed by atoms with Gasteiger partial charge in [-0.2, -0.15) is 4.98 Å². The number of hydrogen-bond acceptors (Lipinski definition) is 5. The Labute approximate surface area is 159 Å². The highest BCUT2D eigenvalue weighted by atomic mass is 35.5. The molecule has 1 saturated heterocycles. The monoisotopic (exact) mass is 376 g/mol. The molecule has 1 aromatic carbocycles. The molecule has 7 heteroatoms. The highest BCUT2D eigenvalue weighted by Gasteiger charge is 2.33. The lowest BCUT2D eigenvalue weighted by molar-refractivity contribution is -0.130. The topological polar surface area (TPSA) is 85.2 Å². The largest absolute Gasteiger partial charge is 0.340 e. The van der Waals surface area contributed by atoms with E-state index in [9.17, 15) is 4.79 Å². The van der Waals surface area contributed by atoms with Crippen molar-refractivity contribution >= 4 is 18.3 Å². The zero-order valence-electron chi connectivity index (χ0n) is 14.7. The van der Waals surface area contributed by atoms with Crippen LogP contribution in [0, 0.1) is 0 Å². The molecular formula is C19H25ClN4O2. The molecule has 2 N–H and O–H groups in total. The molecule has 0 bridgehead atoms. The minimum Gasteiger partial charge on any atom is -0.340 e. The Hall–Kier alpha value is -1.92. The van der Waals surface area contributed by atoms with Crippen LogP contribution in [0.3, 0.4) is 0 Å². The smallest absolute Gasteiger partial charge is 0.226 e. The molecule has 0 radical (unpaired) electrons. The van der Waals surface area contributed by atoms with E-state index in [-0.39, 0.29) is 30.3 Å². The second-order valence-electron chi connectivity index (χ2n) is 7.15. The Balaban J connectivity index is 0.00000196. The fourth-order valence-electron chi connectivity index (χ4n) is 3.51. The van der Waals surface area contributed by atoms with Crippen molar-refractivity contribution in [3.05, 3.63) is 47.6 Å². The van der Waals surface area contributed by atoms with E-state index in [1.807, 2.05) is 23.1 Å². The van der Waals surface area contributed by atoms with Gasteiger partial charge in [0.2, 0.25) is 11.8 Å². The van der Waals surface area contributed by atoms with Gasteiger partial charge < -0.3 is 15.2 Å². The first kappa shape index (κ1) is 18.9. The van der Waals surface area contributed by atoms with Crippen molar-refractivity contribution in [1.82, 2.24) is 15.0 Å². The molecule has 2 aliphatic rings. The van der Waals surface area contributed by atoms with E-state index in [0.717, 1.165) is 25.1 Å². The molecule has 0 spiro atoms. The predicted octanol–water partition coefficient (Wildman–Crippen LogP) is 2.64. The third-order valence-corrected chi connectivity index (χ3v) is 5.15. The van der Waals surface area contributed by atoms with Crippen LogP contribution in [-0.2, 0) is 11.2 Å². The second kappa shape index (κ2) is 8.18. The molecule has 6 nitrogen and oxygen atoms in total. The van der Waals surface area contributed by atoms with Gasteiger partial charge in [-0.25, -0.2) is 0 Å². The lowest BCUT2D eigenvalue weighted by Crippen LogP contribution is -2.32. The number of benzene rings is 1. The van der Waals surface area contributed by atoms with Gasteiger partial charge in [-0.1, -0.05) is 35.5 Å². The van der Waals surface area contributed by atoms with Crippen LogP contribution in [0.1, 0.15) is 54.8 Å². The molecule has 2 aromatic rings. The van der Waals surface area contributed by atoms with E-state index in [0.29, 0.717) is 37.7 Å². The number of nitrogens with two attached hydrogens (primary N) is 1. The minimum absolute atomic E-state index is 0. The molecule has 1 aliphatic carbocycles. The second-order valence-corrected chi connectivity index (χ2v) is 7.15. The zero-order valence-corrected chi connectivity index (χ0v) is 15.5. The maximum atomic E-state index is 12.5. The van der Waals surface area contributed by atoms with Crippen LogP contribution in [0.15, 0.2) is 34.9 Å². The maximum absolute atomic E-state index is 12.5. The Morgan fingerprint density at radius 2 is 2.00 bits per heavy atom. The van der Waals surface area contributed by atoms with Crippen molar-refractivity contribution in [2.45, 2.75) is 50.0 Å². The van der Waals surface area contributed by atoms with Gasteiger partial charge in [0.05, 0.1) is 0 Å². The molecule has 2 heterocycles. The summed E-state index contributed by atoms with van der Waals surface area (Å²) in [5, 5.41) is 4.01. The summed E-state index contributed by atoms with van der Waals surface area (Å²) in [7, 11) is 0. The van der Waals surface area contributed by atoms with Crippen molar-refractivity contribution in [3.8, 4) is 0 Å². The number of halogens is 1. The summed E-state index contributed by atoms with van der Waals surface area (Å²) in [5.74, 6) is 2.37. The van der Waals surface area contributed by atoms with E-state index in [1.165, 1.54) is 5.56 Å². The summed E-state index contributed by atoms with van der Waals surface area (Å²) in [5.41, 5.74) is 7.48. The first-order chi connectivity index (χ1) is 12.2. The molecule has 1 amide bonds. The summed E-state index contributed by atoms with van der Waals surface area (Å²) in [6.07, 6.45) is 4.21. The maximum Gasteiger partial charge on any atom is 0.226 e. The fraction of sp³-hybridized carbons (Fsp3) is 0.526. The summed E-state index contributed by atoms with van der Waals surface area (Å²) in [6.45, 7) is 1.33. The van der Waals surface area contributed by atoms with Crippen LogP contribution in [0.4, 0.5) is 0 Å². The van der Waals surface area contributed by atoms with Crippen molar-refractivity contribution in [2.24, 2.45) is 5.73 Å². The summed E-state index contributed by atoms with van der Waals surface area (Å²) < 4.78 is 5.26. The molecule has 140 valence electrons. The number of aryl methyl sites for hydroxylation is 1. The average molecular weight is 377 g/mol. The lowest BCUT2D eigenvalue weighted by atomic mass is 9.95. The molecule has 1 aromatic heterocycles. The summed E-state index contributed by atoms with van der Waals surface area (Å²) >= 11 is 0.